The zero-order valence-corrected chi connectivity index (χ0v) is 8.33. The molecule has 0 unspecified atom stereocenters. The molecule has 1 aromatic carbocycles. The van der Waals surface area contributed by atoms with Crippen LogP contribution in [0.5, 0.6) is 0 Å². The molecule has 0 aliphatic carbocycles. The summed E-state index contributed by atoms with van der Waals surface area (Å²) < 4.78 is 17.6. The van der Waals surface area contributed by atoms with Gasteiger partial charge in [-0.05, 0) is 24.6 Å². The normalized spacial score (nSPS) is 9.53. The van der Waals surface area contributed by atoms with Gasteiger partial charge in [0.15, 0.2) is 0 Å². The van der Waals surface area contributed by atoms with Crippen LogP contribution in [0.4, 0.5) is 10.1 Å². The maximum absolute atomic E-state index is 13.1. The van der Waals surface area contributed by atoms with Crippen molar-refractivity contribution in [1.29, 1.82) is 0 Å². The summed E-state index contributed by atoms with van der Waals surface area (Å²) >= 11 is 0. The predicted octanol–water partition coefficient (Wildman–Crippen LogP) is 1.49. The van der Waals surface area contributed by atoms with E-state index in [-0.39, 0.29) is 11.3 Å². The Kier molecular flexibility index (Phi) is 3.38. The number of rotatable bonds is 3. The molecule has 1 rings (SSSR count). The maximum Gasteiger partial charge on any atom is 0.339 e. The minimum absolute atomic E-state index is 0.0972. The fourth-order valence-electron chi connectivity index (χ4n) is 1.14. The molecule has 0 fully saturated rings. The molecule has 1 aromatic rings. The molecule has 80 valence electrons. The first kappa shape index (κ1) is 11.2. The fraction of sp³-hybridized carbons (Fsp3) is 0.200. The van der Waals surface area contributed by atoms with Crippen molar-refractivity contribution in [3.63, 3.8) is 0 Å². The predicted molar refractivity (Wildman–Crippen MR) is 52.2 cm³/mol. The van der Waals surface area contributed by atoms with Gasteiger partial charge in [0.2, 0.25) is 6.41 Å². The minimum atomic E-state index is -0.623. The van der Waals surface area contributed by atoms with Crippen LogP contribution < -0.4 is 5.32 Å². The van der Waals surface area contributed by atoms with Crippen LogP contribution in [0, 0.1) is 12.7 Å². The average molecular weight is 211 g/mol. The van der Waals surface area contributed by atoms with E-state index in [1.54, 1.807) is 0 Å². The van der Waals surface area contributed by atoms with Crippen LogP contribution in [-0.4, -0.2) is 19.5 Å². The van der Waals surface area contributed by atoms with Crippen molar-refractivity contribution in [2.75, 3.05) is 12.4 Å². The van der Waals surface area contributed by atoms with Gasteiger partial charge in [-0.25, -0.2) is 9.18 Å². The van der Waals surface area contributed by atoms with Gasteiger partial charge >= 0.3 is 5.97 Å². The number of benzene rings is 1. The second-order valence-electron chi connectivity index (χ2n) is 2.90. The summed E-state index contributed by atoms with van der Waals surface area (Å²) in [5, 5.41) is 2.24. The van der Waals surface area contributed by atoms with Crippen molar-refractivity contribution in [3.8, 4) is 0 Å². The number of ether oxygens (including phenoxy) is 1. The lowest BCUT2D eigenvalue weighted by atomic mass is 10.1. The Labute approximate surface area is 86.0 Å². The van der Waals surface area contributed by atoms with Gasteiger partial charge in [0.05, 0.1) is 18.4 Å². The first-order valence-corrected chi connectivity index (χ1v) is 4.18. The number of aryl methyl sites for hydroxylation is 1. The molecule has 1 amide bonds. The van der Waals surface area contributed by atoms with Crippen molar-refractivity contribution < 1.29 is 18.7 Å². The Morgan fingerprint density at radius 2 is 2.20 bits per heavy atom. The van der Waals surface area contributed by atoms with E-state index in [2.05, 4.69) is 10.1 Å². The Morgan fingerprint density at radius 1 is 1.53 bits per heavy atom. The molecule has 0 aromatic heterocycles. The van der Waals surface area contributed by atoms with Gasteiger partial charge in [0.1, 0.15) is 5.82 Å². The number of hydrogen-bond donors (Lipinski definition) is 1. The molecule has 0 heterocycles. The Bertz CT molecular complexity index is 404. The summed E-state index contributed by atoms with van der Waals surface area (Å²) in [6.07, 6.45) is 0.372. The SMILES string of the molecule is COC(=O)c1cc(C)c(F)cc1NC=O. The maximum atomic E-state index is 13.1. The van der Waals surface area contributed by atoms with E-state index in [4.69, 9.17) is 0 Å². The molecule has 4 nitrogen and oxygen atoms in total. The van der Waals surface area contributed by atoms with Crippen molar-refractivity contribution in [3.05, 3.63) is 29.1 Å². The first-order chi connectivity index (χ1) is 7.10. The van der Waals surface area contributed by atoms with Crippen molar-refractivity contribution in [2.24, 2.45) is 0 Å². The number of halogens is 1. The molecule has 0 bridgehead atoms. The topological polar surface area (TPSA) is 55.4 Å². The summed E-state index contributed by atoms with van der Waals surface area (Å²) in [4.78, 5) is 21.5. The number of nitrogens with one attached hydrogen (secondary N) is 1. The van der Waals surface area contributed by atoms with Crippen molar-refractivity contribution >= 4 is 18.1 Å². The number of carbonyl (C=O) groups is 2. The number of hydrogen-bond acceptors (Lipinski definition) is 3. The molecule has 0 atom stereocenters. The van der Waals surface area contributed by atoms with E-state index >= 15 is 0 Å². The largest absolute Gasteiger partial charge is 0.465 e. The van der Waals surface area contributed by atoms with Crippen LogP contribution >= 0.6 is 0 Å². The zero-order chi connectivity index (χ0) is 11.4. The van der Waals surface area contributed by atoms with Gasteiger partial charge in [0.25, 0.3) is 0 Å². The van der Waals surface area contributed by atoms with E-state index < -0.39 is 11.8 Å². The third kappa shape index (κ3) is 2.31. The molecule has 0 saturated heterocycles. The molecular weight excluding hydrogens is 201 g/mol. The second kappa shape index (κ2) is 4.54. The van der Waals surface area contributed by atoms with Gasteiger partial charge in [-0.3, -0.25) is 4.79 Å². The number of anilines is 1. The van der Waals surface area contributed by atoms with Crippen molar-refractivity contribution in [1.82, 2.24) is 0 Å². The first-order valence-electron chi connectivity index (χ1n) is 4.18. The van der Waals surface area contributed by atoms with Gasteiger partial charge in [-0.2, -0.15) is 0 Å². The smallest absolute Gasteiger partial charge is 0.339 e. The second-order valence-corrected chi connectivity index (χ2v) is 2.90. The number of amides is 1. The lowest BCUT2D eigenvalue weighted by molar-refractivity contribution is -0.105. The van der Waals surface area contributed by atoms with Crippen LogP contribution in [0.3, 0.4) is 0 Å². The lowest BCUT2D eigenvalue weighted by Gasteiger charge is -2.08. The summed E-state index contributed by atoms with van der Waals surface area (Å²) in [5.74, 6) is -1.12. The quantitative estimate of drug-likeness (QED) is 0.608. The summed E-state index contributed by atoms with van der Waals surface area (Å²) in [7, 11) is 1.21. The molecule has 0 radical (unpaired) electrons. The van der Waals surface area contributed by atoms with Crippen LogP contribution in [0.25, 0.3) is 0 Å². The molecule has 15 heavy (non-hydrogen) atoms. The van der Waals surface area contributed by atoms with Crippen molar-refractivity contribution in [2.45, 2.75) is 6.92 Å². The minimum Gasteiger partial charge on any atom is -0.465 e. The molecule has 0 saturated carbocycles. The van der Waals surface area contributed by atoms with Crippen LogP contribution in [0.2, 0.25) is 0 Å². The highest BCUT2D eigenvalue weighted by Crippen LogP contribution is 2.20. The Balaban J connectivity index is 3.27. The van der Waals surface area contributed by atoms with Crippen LogP contribution in [0.15, 0.2) is 12.1 Å². The molecule has 0 aliphatic rings. The van der Waals surface area contributed by atoms with E-state index in [1.807, 2.05) is 0 Å². The summed E-state index contributed by atoms with van der Waals surface area (Å²) in [6, 6.07) is 2.41. The third-order valence-electron chi connectivity index (χ3n) is 1.92. The Morgan fingerprint density at radius 3 is 2.73 bits per heavy atom. The fourth-order valence-corrected chi connectivity index (χ4v) is 1.14. The van der Waals surface area contributed by atoms with Gasteiger partial charge in [0, 0.05) is 0 Å². The monoisotopic (exact) mass is 211 g/mol. The lowest BCUT2D eigenvalue weighted by Crippen LogP contribution is -2.08. The highest BCUT2D eigenvalue weighted by Gasteiger charge is 2.14. The number of methoxy groups -OCH3 is 1. The zero-order valence-electron chi connectivity index (χ0n) is 8.33. The van der Waals surface area contributed by atoms with Crippen LogP contribution in [-0.2, 0) is 9.53 Å². The average Bonchev–Trinajstić information content (AvgIpc) is 2.22. The molecular formula is C10H10FNO3. The third-order valence-corrected chi connectivity index (χ3v) is 1.92. The van der Waals surface area contributed by atoms with E-state index in [9.17, 15) is 14.0 Å². The molecule has 0 aliphatic heterocycles. The summed E-state index contributed by atoms with van der Waals surface area (Å²) in [6.45, 7) is 1.52. The van der Waals surface area contributed by atoms with E-state index in [0.717, 1.165) is 6.07 Å². The van der Waals surface area contributed by atoms with E-state index in [1.165, 1.54) is 20.1 Å². The standard InChI is InChI=1S/C10H10FNO3/c1-6-3-7(10(14)15-2)9(12-5-13)4-8(6)11/h3-5H,1-2H3,(H,12,13). The summed E-state index contributed by atoms with van der Waals surface area (Å²) in [5.41, 5.74) is 0.537. The number of esters is 1. The number of carbonyl (C=O) groups excluding carboxylic acids is 2. The van der Waals surface area contributed by atoms with Gasteiger partial charge < -0.3 is 10.1 Å². The van der Waals surface area contributed by atoms with E-state index in [0.29, 0.717) is 12.0 Å². The van der Waals surface area contributed by atoms with Gasteiger partial charge in [-0.15, -0.1) is 0 Å². The van der Waals surface area contributed by atoms with Gasteiger partial charge in [-0.1, -0.05) is 0 Å². The van der Waals surface area contributed by atoms with Crippen LogP contribution in [0.1, 0.15) is 15.9 Å². The molecule has 1 N–H and O–H groups in total. The Hall–Kier alpha value is -1.91. The molecule has 5 heteroatoms. The highest BCUT2D eigenvalue weighted by molar-refractivity contribution is 5.97. The highest BCUT2D eigenvalue weighted by atomic mass is 19.1. The molecule has 0 spiro atoms.